The lowest BCUT2D eigenvalue weighted by Crippen LogP contribution is -2.37. The molecular formula is C36H51BO9. The van der Waals surface area contributed by atoms with Gasteiger partial charge in [-0.05, 0) is 74.9 Å². The van der Waals surface area contributed by atoms with E-state index in [-0.39, 0.29) is 0 Å². The second-order valence-electron chi connectivity index (χ2n) is 10.6. The van der Waals surface area contributed by atoms with Gasteiger partial charge in [-0.25, -0.2) is 0 Å². The van der Waals surface area contributed by atoms with Gasteiger partial charge in [0.2, 0.25) is 0 Å². The van der Waals surface area contributed by atoms with Crippen molar-refractivity contribution in [2.45, 2.75) is 80.1 Å². The molecule has 9 nitrogen and oxygen atoms in total. The van der Waals surface area contributed by atoms with Crippen LogP contribution in [0.2, 0.25) is 0 Å². The Bertz CT molecular complexity index is 1130. The molecule has 0 radical (unpaired) electrons. The SMILES string of the molecule is CCCOc1ccc(OB(Oc2ccc(OCCC)c(OCCC)c2)Oc2ccc(OCCC)c(OCCC)c2)cc1OCCC. The van der Waals surface area contributed by atoms with Crippen molar-refractivity contribution in [3.63, 3.8) is 0 Å². The van der Waals surface area contributed by atoms with Crippen LogP contribution in [0.4, 0.5) is 0 Å². The lowest BCUT2D eigenvalue weighted by atomic mass is 10.1. The molecule has 0 saturated heterocycles. The maximum Gasteiger partial charge on any atom is 0.864 e. The fraction of sp³-hybridized carbons (Fsp3) is 0.500. The van der Waals surface area contributed by atoms with E-state index in [1.54, 1.807) is 36.4 Å². The highest BCUT2D eigenvalue weighted by Gasteiger charge is 2.32. The average Bonchev–Trinajstić information content (AvgIpc) is 3.07. The quantitative estimate of drug-likeness (QED) is 0.0893. The highest BCUT2D eigenvalue weighted by Crippen LogP contribution is 2.36. The monoisotopic (exact) mass is 638 g/mol. The van der Waals surface area contributed by atoms with Crippen LogP contribution in [0.3, 0.4) is 0 Å². The molecule has 0 aromatic heterocycles. The normalized spacial score (nSPS) is 10.6. The summed E-state index contributed by atoms with van der Waals surface area (Å²) in [6, 6.07) is 16.3. The topological polar surface area (TPSA) is 83.1 Å². The van der Waals surface area contributed by atoms with Crippen molar-refractivity contribution < 1.29 is 42.4 Å². The van der Waals surface area contributed by atoms with E-state index >= 15 is 0 Å². The maximum absolute atomic E-state index is 6.31. The first-order valence-corrected chi connectivity index (χ1v) is 16.7. The lowest BCUT2D eigenvalue weighted by molar-refractivity contribution is 0.261. The van der Waals surface area contributed by atoms with Gasteiger partial charge in [0, 0.05) is 18.2 Å². The van der Waals surface area contributed by atoms with Crippen LogP contribution in [-0.2, 0) is 0 Å². The molecular weight excluding hydrogens is 587 g/mol. The molecule has 0 heterocycles. The fourth-order valence-electron chi connectivity index (χ4n) is 4.06. The summed E-state index contributed by atoms with van der Waals surface area (Å²) >= 11 is 0. The molecule has 3 aromatic carbocycles. The summed E-state index contributed by atoms with van der Waals surface area (Å²) in [7, 11) is -1.19. The molecule has 0 saturated carbocycles. The summed E-state index contributed by atoms with van der Waals surface area (Å²) in [6.45, 7) is 15.7. The highest BCUT2D eigenvalue weighted by atomic mass is 16.7. The van der Waals surface area contributed by atoms with E-state index in [9.17, 15) is 0 Å². The van der Waals surface area contributed by atoms with E-state index in [0.29, 0.717) is 91.4 Å². The zero-order valence-corrected chi connectivity index (χ0v) is 28.4. The predicted molar refractivity (Wildman–Crippen MR) is 182 cm³/mol. The molecule has 3 rings (SSSR count). The van der Waals surface area contributed by atoms with Crippen LogP contribution in [0.15, 0.2) is 54.6 Å². The Morgan fingerprint density at radius 3 is 0.826 bits per heavy atom. The van der Waals surface area contributed by atoms with Crippen molar-refractivity contribution in [3.05, 3.63) is 54.6 Å². The minimum Gasteiger partial charge on any atom is -0.490 e. The van der Waals surface area contributed by atoms with Gasteiger partial charge in [-0.1, -0.05) is 41.5 Å². The lowest BCUT2D eigenvalue weighted by Gasteiger charge is -2.20. The van der Waals surface area contributed by atoms with E-state index in [1.807, 2.05) is 18.2 Å². The van der Waals surface area contributed by atoms with Gasteiger partial charge in [-0.2, -0.15) is 0 Å². The molecule has 0 aliphatic carbocycles. The van der Waals surface area contributed by atoms with Crippen molar-refractivity contribution in [1.29, 1.82) is 0 Å². The molecule has 0 aliphatic rings. The highest BCUT2D eigenvalue weighted by molar-refractivity contribution is 6.39. The van der Waals surface area contributed by atoms with Crippen LogP contribution in [0.1, 0.15) is 80.1 Å². The van der Waals surface area contributed by atoms with E-state index in [0.717, 1.165) is 38.5 Å². The van der Waals surface area contributed by atoms with Gasteiger partial charge in [0.15, 0.2) is 34.5 Å². The van der Waals surface area contributed by atoms with Gasteiger partial charge in [0.05, 0.1) is 39.6 Å². The summed E-state index contributed by atoms with van der Waals surface area (Å²) in [5, 5.41) is 0. The third-order valence-electron chi connectivity index (χ3n) is 6.21. The Labute approximate surface area is 275 Å². The smallest absolute Gasteiger partial charge is 0.490 e. The third-order valence-corrected chi connectivity index (χ3v) is 6.21. The standard InChI is InChI=1S/C36H51BO9/c1-7-19-38-31-16-13-28(25-34(31)41-22-10-4)44-37(45-29-14-17-32(39-20-8-2)35(26-29)42-23-11-5)46-30-15-18-33(40-21-9-3)36(27-30)43-24-12-6/h13-18,25-27H,7-12,19-24H2,1-6H3. The molecule has 0 N–H and O–H groups in total. The van der Waals surface area contributed by atoms with Gasteiger partial charge in [-0.15, -0.1) is 0 Å². The molecule has 0 amide bonds. The molecule has 10 heteroatoms. The molecule has 46 heavy (non-hydrogen) atoms. The number of hydrogen-bond acceptors (Lipinski definition) is 9. The van der Waals surface area contributed by atoms with E-state index in [1.165, 1.54) is 0 Å². The van der Waals surface area contributed by atoms with Gasteiger partial charge < -0.3 is 42.4 Å². The first-order valence-electron chi connectivity index (χ1n) is 16.7. The number of benzene rings is 3. The molecule has 252 valence electrons. The van der Waals surface area contributed by atoms with Crippen LogP contribution in [0.25, 0.3) is 0 Å². The minimum atomic E-state index is -1.19. The molecule has 0 unspecified atom stereocenters. The Hall–Kier alpha value is -4.08. The Morgan fingerprint density at radius 2 is 0.587 bits per heavy atom. The second-order valence-corrected chi connectivity index (χ2v) is 10.6. The molecule has 3 aromatic rings. The number of hydrogen-bond donors (Lipinski definition) is 0. The van der Waals surface area contributed by atoms with E-state index in [2.05, 4.69) is 41.5 Å². The zero-order chi connectivity index (χ0) is 33.0. The Kier molecular flexibility index (Phi) is 16.5. The molecule has 0 bridgehead atoms. The summed E-state index contributed by atoms with van der Waals surface area (Å²) in [6.07, 6.45) is 5.21. The summed E-state index contributed by atoms with van der Waals surface area (Å²) < 4.78 is 54.6. The van der Waals surface area contributed by atoms with Gasteiger partial charge >= 0.3 is 7.32 Å². The van der Waals surface area contributed by atoms with Crippen molar-refractivity contribution in [2.24, 2.45) is 0 Å². The molecule has 0 fully saturated rings. The first-order chi connectivity index (χ1) is 22.5. The Balaban J connectivity index is 1.95. The fourth-order valence-corrected chi connectivity index (χ4v) is 4.06. The predicted octanol–water partition coefficient (Wildman–Crippen LogP) is 8.94. The summed E-state index contributed by atoms with van der Waals surface area (Å²) in [5.41, 5.74) is 0. The van der Waals surface area contributed by atoms with Crippen molar-refractivity contribution in [3.8, 4) is 51.7 Å². The van der Waals surface area contributed by atoms with Crippen LogP contribution >= 0.6 is 0 Å². The second kappa shape index (κ2) is 20.9. The average molecular weight is 639 g/mol. The summed E-state index contributed by atoms with van der Waals surface area (Å²) in [5.74, 6) is 5.18. The first kappa shape index (κ1) is 36.4. The molecule has 0 spiro atoms. The van der Waals surface area contributed by atoms with Crippen LogP contribution < -0.4 is 42.4 Å². The van der Waals surface area contributed by atoms with Gasteiger partial charge in [0.1, 0.15) is 17.2 Å². The van der Waals surface area contributed by atoms with Crippen molar-refractivity contribution in [2.75, 3.05) is 39.6 Å². The van der Waals surface area contributed by atoms with E-state index in [4.69, 9.17) is 42.4 Å². The maximum atomic E-state index is 6.31. The van der Waals surface area contributed by atoms with Crippen LogP contribution in [-0.4, -0.2) is 47.0 Å². The van der Waals surface area contributed by atoms with Crippen LogP contribution in [0, 0.1) is 0 Å². The van der Waals surface area contributed by atoms with Gasteiger partial charge in [0.25, 0.3) is 0 Å². The largest absolute Gasteiger partial charge is 0.864 e. The summed E-state index contributed by atoms with van der Waals surface area (Å²) in [4.78, 5) is 0. The molecule has 0 atom stereocenters. The van der Waals surface area contributed by atoms with E-state index < -0.39 is 7.32 Å². The Morgan fingerprint density at radius 1 is 0.348 bits per heavy atom. The third kappa shape index (κ3) is 12.0. The minimum absolute atomic E-state index is 0.482. The zero-order valence-electron chi connectivity index (χ0n) is 28.4. The number of rotatable bonds is 24. The van der Waals surface area contributed by atoms with Gasteiger partial charge in [-0.3, -0.25) is 0 Å². The number of ether oxygens (including phenoxy) is 6. The van der Waals surface area contributed by atoms with Crippen molar-refractivity contribution >= 4 is 7.32 Å². The van der Waals surface area contributed by atoms with Crippen molar-refractivity contribution in [1.82, 2.24) is 0 Å². The van der Waals surface area contributed by atoms with Crippen LogP contribution in [0.5, 0.6) is 51.7 Å². The molecule has 0 aliphatic heterocycles.